The van der Waals surface area contributed by atoms with Crippen molar-refractivity contribution in [1.29, 1.82) is 0 Å². The molecule has 2 amide bonds. The molecule has 5 heteroatoms. The first kappa shape index (κ1) is 21.6. The Kier molecular flexibility index (Phi) is 7.32. The monoisotopic (exact) mass is 384 g/mol. The van der Waals surface area contributed by atoms with Crippen LogP contribution < -0.4 is 5.32 Å². The van der Waals surface area contributed by atoms with Crippen LogP contribution in [0.5, 0.6) is 0 Å². The summed E-state index contributed by atoms with van der Waals surface area (Å²) in [6.45, 7) is 8.55. The van der Waals surface area contributed by atoms with E-state index in [1.54, 1.807) is 23.1 Å². The largest absolute Gasteiger partial charge is 0.342 e. The van der Waals surface area contributed by atoms with Gasteiger partial charge in [0.05, 0.1) is 0 Å². The molecule has 0 heterocycles. The van der Waals surface area contributed by atoms with Gasteiger partial charge in [0.1, 0.15) is 5.82 Å². The lowest BCUT2D eigenvalue weighted by molar-refractivity contribution is -0.129. The van der Waals surface area contributed by atoms with E-state index in [9.17, 15) is 14.0 Å². The third-order valence-electron chi connectivity index (χ3n) is 4.70. The summed E-state index contributed by atoms with van der Waals surface area (Å²) in [6.07, 6.45) is 0.611. The van der Waals surface area contributed by atoms with Crippen molar-refractivity contribution in [1.82, 2.24) is 4.90 Å². The number of hydrogen-bond acceptors (Lipinski definition) is 2. The van der Waals surface area contributed by atoms with Crippen molar-refractivity contribution in [2.24, 2.45) is 0 Å². The number of amides is 2. The van der Waals surface area contributed by atoms with Crippen LogP contribution in [0.25, 0.3) is 0 Å². The molecular weight excluding hydrogens is 355 g/mol. The van der Waals surface area contributed by atoms with Crippen molar-refractivity contribution >= 4 is 17.5 Å². The van der Waals surface area contributed by atoms with Crippen molar-refractivity contribution in [2.75, 3.05) is 18.4 Å². The highest BCUT2D eigenvalue weighted by molar-refractivity contribution is 5.91. The Labute approximate surface area is 166 Å². The third kappa shape index (κ3) is 6.48. The fourth-order valence-electron chi connectivity index (χ4n) is 2.90. The summed E-state index contributed by atoms with van der Waals surface area (Å²) in [5, 5.41) is 2.86. The standard InChI is InChI=1S/C23H29FN2O2/c1-17(27)26(15-13-18-7-5-6-8-21(18)24)16-14-22(28)25-20-11-9-19(10-12-20)23(2,3)4/h5-12H,13-16H2,1-4H3,(H,25,28). The number of carbonyl (C=O) groups is 2. The van der Waals surface area contributed by atoms with Crippen LogP contribution in [0.15, 0.2) is 48.5 Å². The van der Waals surface area contributed by atoms with Gasteiger partial charge in [-0.2, -0.15) is 0 Å². The molecule has 0 saturated carbocycles. The number of rotatable bonds is 7. The minimum Gasteiger partial charge on any atom is -0.342 e. The van der Waals surface area contributed by atoms with E-state index in [0.29, 0.717) is 25.1 Å². The van der Waals surface area contributed by atoms with Crippen molar-refractivity contribution in [2.45, 2.75) is 46.0 Å². The first-order valence-corrected chi connectivity index (χ1v) is 9.56. The average Bonchev–Trinajstić information content (AvgIpc) is 2.62. The molecule has 0 aliphatic carbocycles. The molecule has 0 unspecified atom stereocenters. The molecule has 0 atom stereocenters. The summed E-state index contributed by atoms with van der Waals surface area (Å²) in [7, 11) is 0. The van der Waals surface area contributed by atoms with Crippen molar-refractivity contribution < 1.29 is 14.0 Å². The highest BCUT2D eigenvalue weighted by Crippen LogP contribution is 2.23. The number of anilines is 1. The summed E-state index contributed by atoms with van der Waals surface area (Å²) >= 11 is 0. The van der Waals surface area contributed by atoms with E-state index < -0.39 is 0 Å². The molecule has 28 heavy (non-hydrogen) atoms. The number of nitrogens with one attached hydrogen (secondary N) is 1. The summed E-state index contributed by atoms with van der Waals surface area (Å²) in [5.41, 5.74) is 2.56. The first-order valence-electron chi connectivity index (χ1n) is 9.56. The zero-order valence-corrected chi connectivity index (χ0v) is 17.1. The Hall–Kier alpha value is -2.69. The molecule has 0 aromatic heterocycles. The van der Waals surface area contributed by atoms with E-state index in [4.69, 9.17) is 0 Å². The van der Waals surface area contributed by atoms with Gasteiger partial charge in [0.25, 0.3) is 0 Å². The third-order valence-corrected chi connectivity index (χ3v) is 4.70. The number of halogens is 1. The van der Waals surface area contributed by atoms with E-state index in [-0.39, 0.29) is 29.5 Å². The van der Waals surface area contributed by atoms with Gasteiger partial charge < -0.3 is 10.2 Å². The molecule has 2 aromatic carbocycles. The topological polar surface area (TPSA) is 49.4 Å². The van der Waals surface area contributed by atoms with Crippen LogP contribution in [0.2, 0.25) is 0 Å². The van der Waals surface area contributed by atoms with Crippen LogP contribution in [-0.4, -0.2) is 29.8 Å². The highest BCUT2D eigenvalue weighted by Gasteiger charge is 2.14. The Balaban J connectivity index is 1.86. The van der Waals surface area contributed by atoms with Gasteiger partial charge in [0, 0.05) is 32.1 Å². The second kappa shape index (κ2) is 9.49. The normalized spacial score (nSPS) is 11.2. The Morgan fingerprint density at radius 3 is 2.21 bits per heavy atom. The van der Waals surface area contributed by atoms with Gasteiger partial charge in [-0.3, -0.25) is 9.59 Å². The quantitative estimate of drug-likeness (QED) is 0.762. The predicted molar refractivity (Wildman–Crippen MR) is 111 cm³/mol. The fraction of sp³-hybridized carbons (Fsp3) is 0.391. The van der Waals surface area contributed by atoms with Crippen LogP contribution in [0.4, 0.5) is 10.1 Å². The van der Waals surface area contributed by atoms with Crippen LogP contribution in [0, 0.1) is 5.82 Å². The Morgan fingerprint density at radius 2 is 1.64 bits per heavy atom. The maximum Gasteiger partial charge on any atom is 0.226 e. The molecule has 2 rings (SSSR count). The predicted octanol–water partition coefficient (Wildman–Crippen LogP) is 4.54. The number of benzene rings is 2. The van der Waals surface area contributed by atoms with Crippen molar-refractivity contribution in [3.05, 3.63) is 65.5 Å². The molecule has 150 valence electrons. The van der Waals surface area contributed by atoms with Crippen molar-refractivity contribution in [3.8, 4) is 0 Å². The molecule has 0 saturated heterocycles. The molecule has 0 aliphatic rings. The molecule has 2 aromatic rings. The number of carbonyl (C=O) groups excluding carboxylic acids is 2. The van der Waals surface area contributed by atoms with Crippen LogP contribution in [0.3, 0.4) is 0 Å². The molecule has 4 nitrogen and oxygen atoms in total. The molecule has 0 spiro atoms. The summed E-state index contributed by atoms with van der Waals surface area (Å²) in [6, 6.07) is 14.3. The van der Waals surface area contributed by atoms with E-state index in [1.165, 1.54) is 18.6 Å². The number of hydrogen-bond donors (Lipinski definition) is 1. The average molecular weight is 384 g/mol. The van der Waals surface area contributed by atoms with Gasteiger partial charge in [-0.15, -0.1) is 0 Å². The lowest BCUT2D eigenvalue weighted by Gasteiger charge is -2.21. The van der Waals surface area contributed by atoms with Gasteiger partial charge in [0.2, 0.25) is 11.8 Å². The Morgan fingerprint density at radius 1 is 1.00 bits per heavy atom. The molecule has 0 fully saturated rings. The maximum absolute atomic E-state index is 13.7. The summed E-state index contributed by atoms with van der Waals surface area (Å²) < 4.78 is 13.7. The zero-order valence-electron chi connectivity index (χ0n) is 17.1. The zero-order chi connectivity index (χ0) is 20.7. The lowest BCUT2D eigenvalue weighted by Crippen LogP contribution is -2.33. The molecular formula is C23H29FN2O2. The minimum atomic E-state index is -0.276. The van der Waals surface area contributed by atoms with Crippen LogP contribution in [-0.2, 0) is 21.4 Å². The molecule has 1 N–H and O–H groups in total. The fourth-order valence-corrected chi connectivity index (χ4v) is 2.90. The van der Waals surface area contributed by atoms with Crippen LogP contribution in [0.1, 0.15) is 45.2 Å². The van der Waals surface area contributed by atoms with E-state index in [1.807, 2.05) is 24.3 Å². The van der Waals surface area contributed by atoms with Gasteiger partial charge in [-0.25, -0.2) is 4.39 Å². The van der Waals surface area contributed by atoms with Gasteiger partial charge in [-0.05, 0) is 41.2 Å². The number of nitrogens with zero attached hydrogens (tertiary/aromatic N) is 1. The van der Waals surface area contributed by atoms with Gasteiger partial charge >= 0.3 is 0 Å². The minimum absolute atomic E-state index is 0.0583. The van der Waals surface area contributed by atoms with Crippen LogP contribution >= 0.6 is 0 Å². The maximum atomic E-state index is 13.7. The highest BCUT2D eigenvalue weighted by atomic mass is 19.1. The molecule has 0 radical (unpaired) electrons. The molecule has 0 bridgehead atoms. The second-order valence-corrected chi connectivity index (χ2v) is 7.97. The smallest absolute Gasteiger partial charge is 0.226 e. The first-order chi connectivity index (χ1) is 13.2. The van der Waals surface area contributed by atoms with E-state index >= 15 is 0 Å². The molecule has 0 aliphatic heterocycles. The van der Waals surface area contributed by atoms with Crippen molar-refractivity contribution in [3.63, 3.8) is 0 Å². The summed E-state index contributed by atoms with van der Waals surface area (Å²) in [5.74, 6) is -0.554. The second-order valence-electron chi connectivity index (χ2n) is 7.97. The van der Waals surface area contributed by atoms with E-state index in [0.717, 1.165) is 5.69 Å². The lowest BCUT2D eigenvalue weighted by atomic mass is 9.87. The Bertz CT molecular complexity index is 810. The van der Waals surface area contributed by atoms with Gasteiger partial charge in [0.15, 0.2) is 0 Å². The SMILES string of the molecule is CC(=O)N(CCC(=O)Nc1ccc(C(C)(C)C)cc1)CCc1ccccc1F. The van der Waals surface area contributed by atoms with Gasteiger partial charge in [-0.1, -0.05) is 51.1 Å². The van der Waals surface area contributed by atoms with E-state index in [2.05, 4.69) is 26.1 Å². The summed E-state index contributed by atoms with van der Waals surface area (Å²) in [4.78, 5) is 25.7.